The number of hydrogen-bond donors (Lipinski definition) is 1. The van der Waals surface area contributed by atoms with E-state index in [-0.39, 0.29) is 47.8 Å². The molecule has 0 radical (unpaired) electrons. The van der Waals surface area contributed by atoms with E-state index in [2.05, 4.69) is 31.9 Å². The number of carbonyl (C=O) groups excluding carboxylic acids is 4. The Hall–Kier alpha value is -3.30. The van der Waals surface area contributed by atoms with Crippen LogP contribution in [0.25, 0.3) is 0 Å². The number of amides is 2. The van der Waals surface area contributed by atoms with Crippen molar-refractivity contribution in [3.8, 4) is 11.5 Å². The molecule has 1 saturated heterocycles. The molecule has 0 bridgehead atoms. The number of imide groups is 1. The lowest BCUT2D eigenvalue weighted by Crippen LogP contribution is -2.39. The summed E-state index contributed by atoms with van der Waals surface area (Å²) in [7, 11) is 1.43. The monoisotopic (exact) mass is 665 g/mol. The summed E-state index contributed by atoms with van der Waals surface area (Å²) in [6.45, 7) is 1.82. The minimum atomic E-state index is -0.666. The second-order valence-corrected chi connectivity index (χ2v) is 12.2. The van der Waals surface area contributed by atoms with Crippen molar-refractivity contribution in [1.82, 2.24) is 4.90 Å². The Morgan fingerprint density at radius 3 is 2.45 bits per heavy atom. The first-order valence-electron chi connectivity index (χ1n) is 13.0. The van der Waals surface area contributed by atoms with E-state index >= 15 is 0 Å². The number of rotatable bonds is 4. The Labute approximate surface area is 247 Å². The molecule has 1 N–H and O–H groups in total. The molecule has 204 valence electrons. The Bertz CT molecular complexity index is 1610. The topological polar surface area (TPSA) is 101 Å². The Morgan fingerprint density at radius 2 is 1.75 bits per heavy atom. The van der Waals surface area contributed by atoms with Gasteiger partial charge in [0.05, 0.1) is 30.0 Å². The fraction of sp³-hybridized carbons (Fsp3) is 0.290. The SMILES string of the molecule is COc1cc(C2C3=CCC4C(=O)N(Cc5ccccc5)C(=O)C4C3CC3=C2C(=O)C(C)=CC3=O)c(Br)c(Br)c1O. The van der Waals surface area contributed by atoms with Crippen LogP contribution in [0.3, 0.4) is 0 Å². The van der Waals surface area contributed by atoms with Gasteiger partial charge in [0.25, 0.3) is 0 Å². The molecule has 0 saturated carbocycles. The van der Waals surface area contributed by atoms with Gasteiger partial charge in [-0.2, -0.15) is 0 Å². The lowest BCUT2D eigenvalue weighted by Gasteiger charge is -2.42. The van der Waals surface area contributed by atoms with Crippen molar-refractivity contribution in [3.63, 3.8) is 0 Å². The fourth-order valence-corrected chi connectivity index (χ4v) is 7.64. The highest BCUT2D eigenvalue weighted by Crippen LogP contribution is 2.57. The smallest absolute Gasteiger partial charge is 0.234 e. The molecule has 1 fully saturated rings. The molecule has 4 aliphatic rings. The molecule has 4 unspecified atom stereocenters. The maximum Gasteiger partial charge on any atom is 0.234 e. The third-order valence-corrected chi connectivity index (χ3v) is 10.7. The molecule has 1 aliphatic heterocycles. The van der Waals surface area contributed by atoms with Gasteiger partial charge in [-0.15, -0.1) is 0 Å². The van der Waals surface area contributed by atoms with Crippen LogP contribution in [0.5, 0.6) is 11.5 Å². The van der Waals surface area contributed by atoms with Crippen LogP contribution in [-0.2, 0) is 25.7 Å². The third kappa shape index (κ3) is 3.96. The van der Waals surface area contributed by atoms with Gasteiger partial charge in [0.1, 0.15) is 0 Å². The van der Waals surface area contributed by atoms with Gasteiger partial charge >= 0.3 is 0 Å². The highest BCUT2D eigenvalue weighted by molar-refractivity contribution is 9.13. The molecule has 2 amide bonds. The molecule has 1 heterocycles. The minimum Gasteiger partial charge on any atom is -0.503 e. The number of phenols is 1. The number of ketones is 2. The fourth-order valence-electron chi connectivity index (χ4n) is 6.68. The van der Waals surface area contributed by atoms with E-state index < -0.39 is 23.7 Å². The maximum atomic E-state index is 13.9. The average Bonchev–Trinajstić information content (AvgIpc) is 3.19. The standard InChI is InChI=1S/C31H25Br2NO6/c1-14-10-21(35)19-11-18-16(23(25(19)28(14)36)20-12-22(40-2)29(37)27(33)26(20)32)8-9-17-24(18)31(39)34(30(17)38)13-15-6-4-3-5-7-15/h3-8,10,12,17-18,23-24,37H,9,11,13H2,1-2H3. The van der Waals surface area contributed by atoms with E-state index in [4.69, 9.17) is 4.74 Å². The summed E-state index contributed by atoms with van der Waals surface area (Å²) in [6.07, 6.45) is 3.90. The van der Waals surface area contributed by atoms with E-state index in [1.807, 2.05) is 36.4 Å². The lowest BCUT2D eigenvalue weighted by molar-refractivity contribution is -0.140. The molecule has 2 aromatic carbocycles. The molecule has 40 heavy (non-hydrogen) atoms. The molecule has 3 aliphatic carbocycles. The van der Waals surface area contributed by atoms with Gasteiger partial charge in [-0.25, -0.2) is 0 Å². The zero-order valence-electron chi connectivity index (χ0n) is 21.7. The van der Waals surface area contributed by atoms with Crippen molar-refractivity contribution in [2.45, 2.75) is 32.2 Å². The normalized spacial score (nSPS) is 25.9. The largest absolute Gasteiger partial charge is 0.503 e. The number of phenolic OH excluding ortho intramolecular Hbond substituents is 1. The first-order valence-corrected chi connectivity index (χ1v) is 14.6. The average molecular weight is 667 g/mol. The number of Topliss-reactive ketones (excluding diaryl/α,β-unsaturated/α-hetero) is 1. The summed E-state index contributed by atoms with van der Waals surface area (Å²) in [5, 5.41) is 10.6. The number of fused-ring (bicyclic) bond motifs is 3. The number of halogens is 2. The minimum absolute atomic E-state index is 0.104. The van der Waals surface area contributed by atoms with E-state index in [1.165, 1.54) is 18.1 Å². The van der Waals surface area contributed by atoms with E-state index in [9.17, 15) is 24.3 Å². The third-order valence-electron chi connectivity index (χ3n) is 8.54. The zero-order chi connectivity index (χ0) is 28.5. The number of allylic oxidation sites excluding steroid dienone is 6. The molecule has 6 rings (SSSR count). The van der Waals surface area contributed by atoms with Crippen molar-refractivity contribution in [2.24, 2.45) is 17.8 Å². The number of likely N-dealkylation sites (tertiary alicyclic amines) is 1. The summed E-state index contributed by atoms with van der Waals surface area (Å²) >= 11 is 7.01. The second kappa shape index (κ2) is 9.96. The van der Waals surface area contributed by atoms with Crippen LogP contribution in [0, 0.1) is 17.8 Å². The van der Waals surface area contributed by atoms with Crippen LogP contribution in [0.2, 0.25) is 0 Å². The molecule has 2 aromatic rings. The van der Waals surface area contributed by atoms with Crippen LogP contribution in [0.4, 0.5) is 0 Å². The maximum absolute atomic E-state index is 13.9. The summed E-state index contributed by atoms with van der Waals surface area (Å²) < 4.78 is 6.28. The van der Waals surface area contributed by atoms with Gasteiger partial charge in [-0.1, -0.05) is 42.0 Å². The second-order valence-electron chi connectivity index (χ2n) is 10.6. The van der Waals surface area contributed by atoms with E-state index in [0.717, 1.165) is 11.1 Å². The Morgan fingerprint density at radius 1 is 1.02 bits per heavy atom. The molecule has 0 spiro atoms. The Balaban J connectivity index is 1.50. The van der Waals surface area contributed by atoms with E-state index in [1.54, 1.807) is 13.0 Å². The van der Waals surface area contributed by atoms with Gasteiger partial charge in [-0.3, -0.25) is 24.1 Å². The van der Waals surface area contributed by atoms with Gasteiger partial charge in [0.15, 0.2) is 23.1 Å². The molecule has 7 nitrogen and oxygen atoms in total. The van der Waals surface area contributed by atoms with Crippen molar-refractivity contribution in [3.05, 3.63) is 90.9 Å². The number of benzene rings is 2. The summed E-state index contributed by atoms with van der Waals surface area (Å²) in [5.74, 6) is -3.10. The predicted molar refractivity (Wildman–Crippen MR) is 153 cm³/mol. The zero-order valence-corrected chi connectivity index (χ0v) is 24.9. The first kappa shape index (κ1) is 26.9. The highest BCUT2D eigenvalue weighted by Gasteiger charge is 2.56. The Kier molecular flexibility index (Phi) is 6.70. The van der Waals surface area contributed by atoms with Gasteiger partial charge in [0.2, 0.25) is 11.8 Å². The molecule has 4 atom stereocenters. The quantitative estimate of drug-likeness (QED) is 0.261. The van der Waals surface area contributed by atoms with Crippen LogP contribution >= 0.6 is 31.9 Å². The number of aromatic hydroxyl groups is 1. The number of ether oxygens (including phenoxy) is 1. The van der Waals surface area contributed by atoms with Crippen LogP contribution in [-0.4, -0.2) is 40.5 Å². The van der Waals surface area contributed by atoms with Crippen molar-refractivity contribution in [2.75, 3.05) is 7.11 Å². The number of hydrogen-bond acceptors (Lipinski definition) is 6. The number of carbonyl (C=O) groups is 4. The summed E-state index contributed by atoms with van der Waals surface area (Å²) in [6, 6.07) is 11.0. The lowest BCUT2D eigenvalue weighted by atomic mass is 9.59. The van der Waals surface area contributed by atoms with E-state index in [0.29, 0.717) is 37.6 Å². The number of methoxy groups -OCH3 is 1. The summed E-state index contributed by atoms with van der Waals surface area (Å²) in [5.41, 5.74) is 3.42. The van der Waals surface area contributed by atoms with Gasteiger partial charge in [0, 0.05) is 27.1 Å². The van der Waals surface area contributed by atoms with Crippen molar-refractivity contribution in [1.29, 1.82) is 0 Å². The predicted octanol–water partition coefficient (Wildman–Crippen LogP) is 5.56. The number of nitrogens with zero attached hydrogens (tertiary/aromatic N) is 1. The molecule has 0 aromatic heterocycles. The molecular weight excluding hydrogens is 642 g/mol. The van der Waals surface area contributed by atoms with Crippen LogP contribution in [0.15, 0.2) is 79.8 Å². The van der Waals surface area contributed by atoms with Gasteiger partial charge in [-0.05, 0) is 80.8 Å². The summed E-state index contributed by atoms with van der Waals surface area (Å²) in [4.78, 5) is 55.8. The molecule has 9 heteroatoms. The van der Waals surface area contributed by atoms with Crippen LogP contribution in [0.1, 0.15) is 36.8 Å². The van der Waals surface area contributed by atoms with Crippen LogP contribution < -0.4 is 4.74 Å². The van der Waals surface area contributed by atoms with Gasteiger partial charge < -0.3 is 9.84 Å². The first-order chi connectivity index (χ1) is 19.1. The van der Waals surface area contributed by atoms with Crippen molar-refractivity contribution < 1.29 is 29.0 Å². The molecular formula is C31H25Br2NO6. The van der Waals surface area contributed by atoms with Crippen molar-refractivity contribution >= 4 is 55.2 Å². The highest BCUT2D eigenvalue weighted by atomic mass is 79.9.